The molecule has 2 saturated carbocycles. The van der Waals surface area contributed by atoms with Crippen LogP contribution in [0.1, 0.15) is 73.9 Å². The van der Waals surface area contributed by atoms with E-state index >= 15 is 0 Å². The molecule has 2 fully saturated rings. The van der Waals surface area contributed by atoms with Gasteiger partial charge in [-0.1, -0.05) is 25.7 Å². The summed E-state index contributed by atoms with van der Waals surface area (Å²) in [5, 5.41) is 2.34. The van der Waals surface area contributed by atoms with E-state index in [0.717, 1.165) is 10.9 Å². The minimum Gasteiger partial charge on any atom is -0.389 e. The van der Waals surface area contributed by atoms with Crippen LogP contribution in [0.3, 0.4) is 0 Å². The largest absolute Gasteiger partial charge is 0.389 e. The van der Waals surface area contributed by atoms with Gasteiger partial charge in [-0.15, -0.1) is 11.3 Å². The van der Waals surface area contributed by atoms with Gasteiger partial charge in [-0.25, -0.2) is 4.98 Å². The molecule has 0 bridgehead atoms. The van der Waals surface area contributed by atoms with Crippen LogP contribution in [0.25, 0.3) is 0 Å². The van der Waals surface area contributed by atoms with Gasteiger partial charge in [-0.3, -0.25) is 0 Å². The molecule has 2 aliphatic carbocycles. The number of thiazole rings is 1. The van der Waals surface area contributed by atoms with Crippen molar-refractivity contribution in [2.45, 2.75) is 63.2 Å². The lowest BCUT2D eigenvalue weighted by Gasteiger charge is -2.24. The van der Waals surface area contributed by atoms with Crippen LogP contribution in [0.2, 0.25) is 0 Å². The molecule has 2 nitrogen and oxygen atoms in total. The first-order valence-electron chi connectivity index (χ1n) is 6.60. The number of hydrogen-bond donors (Lipinski definition) is 1. The lowest BCUT2D eigenvalue weighted by molar-refractivity contribution is 0.408. The van der Waals surface area contributed by atoms with E-state index in [-0.39, 0.29) is 0 Å². The van der Waals surface area contributed by atoms with Gasteiger partial charge in [0.1, 0.15) is 5.00 Å². The number of nitrogens with zero attached hydrogens (tertiary/aromatic N) is 1. The summed E-state index contributed by atoms with van der Waals surface area (Å²) in [6, 6.07) is 0. The Kier molecular flexibility index (Phi) is 2.88. The minimum absolute atomic E-state index is 0.689. The summed E-state index contributed by atoms with van der Waals surface area (Å²) in [7, 11) is 0. The Morgan fingerprint density at radius 3 is 2.25 bits per heavy atom. The second-order valence-electron chi connectivity index (χ2n) is 5.26. The second-order valence-corrected chi connectivity index (χ2v) is 6.33. The van der Waals surface area contributed by atoms with Gasteiger partial charge in [0.15, 0.2) is 0 Å². The van der Waals surface area contributed by atoms with Crippen LogP contribution in [-0.2, 0) is 0 Å². The molecule has 16 heavy (non-hydrogen) atoms. The maximum absolute atomic E-state index is 6.11. The van der Waals surface area contributed by atoms with Crippen molar-refractivity contribution < 1.29 is 0 Å². The van der Waals surface area contributed by atoms with Crippen LogP contribution in [-0.4, -0.2) is 4.98 Å². The number of anilines is 1. The Hall–Kier alpha value is -0.570. The van der Waals surface area contributed by atoms with E-state index in [1.54, 1.807) is 11.3 Å². The summed E-state index contributed by atoms with van der Waals surface area (Å²) in [4.78, 5) is 4.85. The molecule has 2 aliphatic rings. The standard InChI is InChI=1S/C13H20N2S/c14-12-11(9-7-4-8-9)15-13(16-12)10-5-2-1-3-6-10/h9-10H,1-8,14H2. The minimum atomic E-state index is 0.689. The molecule has 0 amide bonds. The van der Waals surface area contributed by atoms with Crippen molar-refractivity contribution in [2.24, 2.45) is 0 Å². The van der Waals surface area contributed by atoms with E-state index in [9.17, 15) is 0 Å². The van der Waals surface area contributed by atoms with Crippen molar-refractivity contribution >= 4 is 16.3 Å². The van der Waals surface area contributed by atoms with Crippen molar-refractivity contribution in [3.8, 4) is 0 Å². The molecule has 0 atom stereocenters. The molecule has 3 heteroatoms. The van der Waals surface area contributed by atoms with Gasteiger partial charge in [0.05, 0.1) is 10.7 Å². The maximum atomic E-state index is 6.11. The third-order valence-electron chi connectivity index (χ3n) is 4.14. The number of aromatic nitrogens is 1. The van der Waals surface area contributed by atoms with Gasteiger partial charge in [0, 0.05) is 11.8 Å². The van der Waals surface area contributed by atoms with Gasteiger partial charge in [-0.2, -0.15) is 0 Å². The summed E-state index contributed by atoms with van der Waals surface area (Å²) in [5.41, 5.74) is 7.35. The van der Waals surface area contributed by atoms with Crippen LogP contribution < -0.4 is 5.73 Å². The van der Waals surface area contributed by atoms with Crippen molar-refractivity contribution in [2.75, 3.05) is 5.73 Å². The summed E-state index contributed by atoms with van der Waals surface area (Å²) >= 11 is 1.77. The Balaban J connectivity index is 1.79. The molecule has 0 radical (unpaired) electrons. The summed E-state index contributed by atoms with van der Waals surface area (Å²) in [6.45, 7) is 0. The van der Waals surface area contributed by atoms with Crippen molar-refractivity contribution in [3.05, 3.63) is 10.7 Å². The maximum Gasteiger partial charge on any atom is 0.110 e. The number of nitrogens with two attached hydrogens (primary N) is 1. The Labute approximate surface area is 101 Å². The lowest BCUT2D eigenvalue weighted by atomic mass is 9.83. The van der Waals surface area contributed by atoms with Gasteiger partial charge >= 0.3 is 0 Å². The highest BCUT2D eigenvalue weighted by molar-refractivity contribution is 7.15. The molecule has 1 aromatic rings. The molecule has 0 aliphatic heterocycles. The smallest absolute Gasteiger partial charge is 0.110 e. The first-order valence-corrected chi connectivity index (χ1v) is 7.42. The van der Waals surface area contributed by atoms with Gasteiger partial charge < -0.3 is 5.73 Å². The van der Waals surface area contributed by atoms with E-state index in [2.05, 4.69) is 0 Å². The summed E-state index contributed by atoms with van der Waals surface area (Å²) in [6.07, 6.45) is 10.8. The van der Waals surface area contributed by atoms with Crippen LogP contribution in [0.4, 0.5) is 5.00 Å². The normalized spacial score (nSPS) is 23.2. The fourth-order valence-corrected chi connectivity index (χ4v) is 3.95. The quantitative estimate of drug-likeness (QED) is 0.841. The number of rotatable bonds is 2. The van der Waals surface area contributed by atoms with E-state index in [4.69, 9.17) is 10.7 Å². The highest BCUT2D eigenvalue weighted by Gasteiger charge is 2.27. The fourth-order valence-electron chi connectivity index (χ4n) is 2.86. The highest BCUT2D eigenvalue weighted by Crippen LogP contribution is 2.43. The predicted molar refractivity (Wildman–Crippen MR) is 68.9 cm³/mol. The lowest BCUT2D eigenvalue weighted by Crippen LogP contribution is -2.11. The first-order chi connectivity index (χ1) is 7.84. The molecule has 0 saturated heterocycles. The third-order valence-corrected chi connectivity index (χ3v) is 5.21. The van der Waals surface area contributed by atoms with Crippen LogP contribution >= 0.6 is 11.3 Å². The molecule has 0 spiro atoms. The monoisotopic (exact) mass is 236 g/mol. The average Bonchev–Trinajstić information content (AvgIpc) is 2.60. The van der Waals surface area contributed by atoms with E-state index < -0.39 is 0 Å². The van der Waals surface area contributed by atoms with Crippen LogP contribution in [0, 0.1) is 0 Å². The highest BCUT2D eigenvalue weighted by atomic mass is 32.1. The molecular formula is C13H20N2S. The zero-order valence-corrected chi connectivity index (χ0v) is 10.6. The third kappa shape index (κ3) is 1.86. The zero-order chi connectivity index (χ0) is 11.0. The van der Waals surface area contributed by atoms with Gasteiger partial charge in [-0.05, 0) is 25.7 Å². The fraction of sp³-hybridized carbons (Fsp3) is 0.769. The Bertz CT molecular complexity index is 362. The number of nitrogen functional groups attached to an aromatic ring is 1. The summed E-state index contributed by atoms with van der Waals surface area (Å²) in [5.74, 6) is 1.41. The topological polar surface area (TPSA) is 38.9 Å². The Morgan fingerprint density at radius 1 is 0.938 bits per heavy atom. The molecule has 0 aromatic carbocycles. The average molecular weight is 236 g/mol. The van der Waals surface area contributed by atoms with Crippen molar-refractivity contribution in [3.63, 3.8) is 0 Å². The molecule has 1 aromatic heterocycles. The molecular weight excluding hydrogens is 216 g/mol. The Morgan fingerprint density at radius 2 is 1.62 bits per heavy atom. The van der Waals surface area contributed by atoms with Crippen LogP contribution in [0.5, 0.6) is 0 Å². The first kappa shape index (κ1) is 10.6. The molecule has 88 valence electrons. The van der Waals surface area contributed by atoms with E-state index in [1.807, 2.05) is 0 Å². The molecule has 3 rings (SSSR count). The molecule has 0 unspecified atom stereocenters. The van der Waals surface area contributed by atoms with E-state index in [0.29, 0.717) is 5.92 Å². The van der Waals surface area contributed by atoms with Crippen LogP contribution in [0.15, 0.2) is 0 Å². The van der Waals surface area contributed by atoms with Gasteiger partial charge in [0.2, 0.25) is 0 Å². The van der Waals surface area contributed by atoms with Crippen molar-refractivity contribution in [1.29, 1.82) is 0 Å². The molecule has 2 N–H and O–H groups in total. The summed E-state index contributed by atoms with van der Waals surface area (Å²) < 4.78 is 0. The SMILES string of the molecule is Nc1sc(C2CCCCC2)nc1C1CCC1. The van der Waals surface area contributed by atoms with Crippen molar-refractivity contribution in [1.82, 2.24) is 4.98 Å². The second kappa shape index (κ2) is 4.36. The van der Waals surface area contributed by atoms with Gasteiger partial charge in [0.25, 0.3) is 0 Å². The molecule has 1 heterocycles. The zero-order valence-electron chi connectivity index (χ0n) is 9.74. The predicted octanol–water partition coefficient (Wildman–Crippen LogP) is 4.04. The van der Waals surface area contributed by atoms with E-state index in [1.165, 1.54) is 62.1 Å². The number of hydrogen-bond acceptors (Lipinski definition) is 3.